The molecule has 1 aromatic rings. The van der Waals surface area contributed by atoms with E-state index < -0.39 is 10.2 Å². The van der Waals surface area contributed by atoms with Crippen LogP contribution in [0.15, 0.2) is 16.6 Å². The molecule has 1 aromatic carbocycles. The highest BCUT2D eigenvalue weighted by molar-refractivity contribution is 9.10. The van der Waals surface area contributed by atoms with E-state index in [1.54, 1.807) is 4.90 Å². The number of aryl methyl sites for hydroxylation is 2. The van der Waals surface area contributed by atoms with Crippen molar-refractivity contribution in [1.29, 1.82) is 0 Å². The first-order valence-electron chi connectivity index (χ1n) is 8.94. The number of hydrogen-bond donors (Lipinski definition) is 1. The molecule has 0 atom stereocenters. The summed E-state index contributed by atoms with van der Waals surface area (Å²) in [4.78, 5) is 14.3. The van der Waals surface area contributed by atoms with Crippen LogP contribution in [0.3, 0.4) is 0 Å². The van der Waals surface area contributed by atoms with Gasteiger partial charge in [0.1, 0.15) is 0 Å². The third-order valence-corrected chi connectivity index (χ3v) is 7.37. The lowest BCUT2D eigenvalue weighted by atomic mass is 10.1. The molecule has 2 saturated heterocycles. The van der Waals surface area contributed by atoms with Gasteiger partial charge in [0.15, 0.2) is 0 Å². The van der Waals surface area contributed by atoms with Gasteiger partial charge in [-0.1, -0.05) is 15.9 Å². The zero-order valence-electron chi connectivity index (χ0n) is 15.6. The maximum absolute atomic E-state index is 12.7. The SMILES string of the molecule is Cc1cc(Br)cc(C)c1NC(=O)N1CCN(S(=O)(=O)N2CCOCC2)CC1. The third kappa shape index (κ3) is 4.62. The molecule has 8 nitrogen and oxygen atoms in total. The number of carbonyl (C=O) groups is 1. The van der Waals surface area contributed by atoms with Gasteiger partial charge < -0.3 is 15.0 Å². The fraction of sp³-hybridized carbons (Fsp3) is 0.588. The number of ether oxygens (including phenoxy) is 1. The first-order chi connectivity index (χ1) is 12.8. The lowest BCUT2D eigenvalue weighted by Gasteiger charge is -2.37. The lowest BCUT2D eigenvalue weighted by molar-refractivity contribution is 0.0691. The molecule has 10 heteroatoms. The van der Waals surface area contributed by atoms with Crippen molar-refractivity contribution < 1.29 is 17.9 Å². The van der Waals surface area contributed by atoms with Gasteiger partial charge in [0.05, 0.1) is 13.2 Å². The number of amides is 2. The topological polar surface area (TPSA) is 82.2 Å². The minimum absolute atomic E-state index is 0.202. The van der Waals surface area contributed by atoms with Crippen molar-refractivity contribution in [2.24, 2.45) is 0 Å². The van der Waals surface area contributed by atoms with Crippen LogP contribution in [0.25, 0.3) is 0 Å². The summed E-state index contributed by atoms with van der Waals surface area (Å²) in [5.41, 5.74) is 2.75. The number of hydrogen-bond acceptors (Lipinski definition) is 4. The van der Waals surface area contributed by atoms with E-state index in [0.717, 1.165) is 21.3 Å². The number of morpholine rings is 1. The van der Waals surface area contributed by atoms with E-state index >= 15 is 0 Å². The fourth-order valence-electron chi connectivity index (χ4n) is 3.36. The average molecular weight is 461 g/mol. The summed E-state index contributed by atoms with van der Waals surface area (Å²) in [5, 5.41) is 2.96. The molecule has 3 rings (SSSR count). The molecule has 2 aliphatic rings. The monoisotopic (exact) mass is 460 g/mol. The Morgan fingerprint density at radius 2 is 1.52 bits per heavy atom. The summed E-state index contributed by atoms with van der Waals surface area (Å²) in [5.74, 6) is 0. The Morgan fingerprint density at radius 1 is 1.00 bits per heavy atom. The molecule has 2 fully saturated rings. The second-order valence-electron chi connectivity index (χ2n) is 6.75. The fourth-order valence-corrected chi connectivity index (χ4v) is 5.60. The molecular weight excluding hydrogens is 436 g/mol. The van der Waals surface area contributed by atoms with Gasteiger partial charge in [0.25, 0.3) is 10.2 Å². The largest absolute Gasteiger partial charge is 0.379 e. The normalized spacial score (nSPS) is 19.9. The molecule has 0 bridgehead atoms. The summed E-state index contributed by atoms with van der Waals surface area (Å²) in [6.07, 6.45) is 0. The van der Waals surface area contributed by atoms with Crippen molar-refractivity contribution in [2.75, 3.05) is 57.8 Å². The van der Waals surface area contributed by atoms with Crippen LogP contribution in [0.4, 0.5) is 10.5 Å². The van der Waals surface area contributed by atoms with Crippen LogP contribution in [0.2, 0.25) is 0 Å². The van der Waals surface area contributed by atoms with E-state index in [1.807, 2.05) is 26.0 Å². The quantitative estimate of drug-likeness (QED) is 0.745. The van der Waals surface area contributed by atoms with Crippen LogP contribution in [0.1, 0.15) is 11.1 Å². The number of nitrogens with one attached hydrogen (secondary N) is 1. The highest BCUT2D eigenvalue weighted by Crippen LogP contribution is 2.25. The van der Waals surface area contributed by atoms with E-state index in [2.05, 4.69) is 21.2 Å². The molecular formula is C17H25BrN4O4S. The van der Waals surface area contributed by atoms with Crippen LogP contribution in [-0.2, 0) is 14.9 Å². The van der Waals surface area contributed by atoms with Crippen molar-refractivity contribution in [2.45, 2.75) is 13.8 Å². The number of carbonyl (C=O) groups excluding carboxylic acids is 1. The van der Waals surface area contributed by atoms with Gasteiger partial charge in [-0.05, 0) is 37.1 Å². The van der Waals surface area contributed by atoms with E-state index in [0.29, 0.717) is 52.5 Å². The molecule has 2 aliphatic heterocycles. The number of urea groups is 1. The molecule has 1 N–H and O–H groups in total. The number of anilines is 1. The second-order valence-corrected chi connectivity index (χ2v) is 9.59. The minimum atomic E-state index is -3.49. The number of benzene rings is 1. The zero-order chi connectivity index (χ0) is 19.6. The maximum atomic E-state index is 12.7. The van der Waals surface area contributed by atoms with Crippen molar-refractivity contribution in [3.8, 4) is 0 Å². The van der Waals surface area contributed by atoms with E-state index in [4.69, 9.17) is 4.74 Å². The van der Waals surface area contributed by atoms with Gasteiger partial charge in [-0.3, -0.25) is 0 Å². The van der Waals surface area contributed by atoms with E-state index in [-0.39, 0.29) is 6.03 Å². The summed E-state index contributed by atoms with van der Waals surface area (Å²) in [6, 6.07) is 3.71. The molecule has 150 valence electrons. The summed E-state index contributed by atoms with van der Waals surface area (Å²) in [7, 11) is -3.49. The van der Waals surface area contributed by atoms with Gasteiger partial charge in [0, 0.05) is 49.4 Å². The number of nitrogens with zero attached hydrogens (tertiary/aromatic N) is 3. The minimum Gasteiger partial charge on any atom is -0.379 e. The smallest absolute Gasteiger partial charge is 0.321 e. The Kier molecular flexibility index (Phi) is 6.42. The Morgan fingerprint density at radius 3 is 2.07 bits per heavy atom. The van der Waals surface area contributed by atoms with E-state index in [1.165, 1.54) is 8.61 Å². The average Bonchev–Trinajstić information content (AvgIpc) is 2.65. The Bertz CT molecular complexity index is 780. The van der Waals surface area contributed by atoms with Crippen LogP contribution < -0.4 is 5.32 Å². The van der Waals surface area contributed by atoms with Crippen LogP contribution in [-0.4, -0.2) is 80.4 Å². The molecule has 0 saturated carbocycles. The molecule has 0 radical (unpaired) electrons. The van der Waals surface area contributed by atoms with Crippen molar-refractivity contribution in [1.82, 2.24) is 13.5 Å². The third-order valence-electron chi connectivity index (χ3n) is 4.88. The summed E-state index contributed by atoms with van der Waals surface area (Å²) in [6.45, 7) is 6.82. The van der Waals surface area contributed by atoms with Crippen molar-refractivity contribution >= 4 is 37.9 Å². The first-order valence-corrected chi connectivity index (χ1v) is 11.1. The van der Waals surface area contributed by atoms with Gasteiger partial charge >= 0.3 is 6.03 Å². The number of halogens is 1. The van der Waals surface area contributed by atoms with Crippen LogP contribution >= 0.6 is 15.9 Å². The molecule has 0 unspecified atom stereocenters. The molecule has 0 aliphatic carbocycles. The molecule has 0 aromatic heterocycles. The Labute approximate surface area is 168 Å². The molecule has 2 heterocycles. The highest BCUT2D eigenvalue weighted by atomic mass is 79.9. The van der Waals surface area contributed by atoms with Crippen molar-refractivity contribution in [3.05, 3.63) is 27.7 Å². The van der Waals surface area contributed by atoms with Gasteiger partial charge in [-0.2, -0.15) is 17.0 Å². The molecule has 2 amide bonds. The van der Waals surface area contributed by atoms with Gasteiger partial charge in [0.2, 0.25) is 0 Å². The van der Waals surface area contributed by atoms with Crippen LogP contribution in [0.5, 0.6) is 0 Å². The Balaban J connectivity index is 1.60. The van der Waals surface area contributed by atoms with Crippen molar-refractivity contribution in [3.63, 3.8) is 0 Å². The Hall–Kier alpha value is -1.20. The zero-order valence-corrected chi connectivity index (χ0v) is 18.0. The summed E-state index contributed by atoms with van der Waals surface area (Å²) < 4.78 is 34.5. The lowest BCUT2D eigenvalue weighted by Crippen LogP contribution is -2.56. The standard InChI is InChI=1S/C17H25BrN4O4S/c1-13-11-15(18)12-14(2)16(13)19-17(23)20-3-5-21(6-4-20)27(24,25)22-7-9-26-10-8-22/h11-12H,3-10H2,1-2H3,(H,19,23). The van der Waals surface area contributed by atoms with E-state index in [9.17, 15) is 13.2 Å². The second kappa shape index (κ2) is 8.44. The van der Waals surface area contributed by atoms with Gasteiger partial charge in [-0.25, -0.2) is 4.79 Å². The first kappa shape index (κ1) is 20.5. The summed E-state index contributed by atoms with van der Waals surface area (Å²) >= 11 is 3.45. The highest BCUT2D eigenvalue weighted by Gasteiger charge is 2.34. The predicted octanol–water partition coefficient (Wildman–Crippen LogP) is 1.79. The molecule has 27 heavy (non-hydrogen) atoms. The number of rotatable bonds is 3. The van der Waals surface area contributed by atoms with Gasteiger partial charge in [-0.15, -0.1) is 0 Å². The molecule has 0 spiro atoms. The predicted molar refractivity (Wildman–Crippen MR) is 107 cm³/mol. The van der Waals surface area contributed by atoms with Crippen LogP contribution in [0, 0.1) is 13.8 Å². The number of piperazine rings is 1. The maximum Gasteiger partial charge on any atom is 0.321 e.